The van der Waals surface area contributed by atoms with Gasteiger partial charge in [-0.25, -0.2) is 9.37 Å². The maximum absolute atomic E-state index is 12.8. The van der Waals surface area contributed by atoms with E-state index in [1.54, 1.807) is 6.07 Å². The van der Waals surface area contributed by atoms with E-state index in [0.29, 0.717) is 17.6 Å². The topological polar surface area (TPSA) is 39.2 Å². The van der Waals surface area contributed by atoms with Gasteiger partial charge >= 0.3 is 0 Å². The van der Waals surface area contributed by atoms with E-state index in [1.165, 1.54) is 24.4 Å². The quantitative estimate of drug-likeness (QED) is 0.784. The Bertz CT molecular complexity index is 543. The standard InChI is InChI=1S/C12H7ClFNO2/c13-10-5-9(14)2-3-11(10)17-12-4-1-8(7-16)6-15-12/h1-7H. The van der Waals surface area contributed by atoms with Gasteiger partial charge in [-0.3, -0.25) is 4.79 Å². The van der Waals surface area contributed by atoms with Gasteiger partial charge in [0.15, 0.2) is 6.29 Å². The van der Waals surface area contributed by atoms with Crippen molar-refractivity contribution in [1.82, 2.24) is 4.98 Å². The number of aromatic nitrogens is 1. The summed E-state index contributed by atoms with van der Waals surface area (Å²) in [6.07, 6.45) is 2.06. The molecular formula is C12H7ClFNO2. The van der Waals surface area contributed by atoms with Crippen LogP contribution in [0, 0.1) is 5.82 Å². The number of pyridine rings is 1. The Morgan fingerprint density at radius 2 is 2.12 bits per heavy atom. The summed E-state index contributed by atoms with van der Waals surface area (Å²) >= 11 is 5.79. The third kappa shape index (κ3) is 2.79. The van der Waals surface area contributed by atoms with Gasteiger partial charge in [-0.05, 0) is 24.3 Å². The maximum atomic E-state index is 12.8. The lowest BCUT2D eigenvalue weighted by atomic mass is 10.3. The van der Waals surface area contributed by atoms with Crippen LogP contribution in [0.3, 0.4) is 0 Å². The summed E-state index contributed by atoms with van der Waals surface area (Å²) in [6, 6.07) is 6.89. The van der Waals surface area contributed by atoms with Crippen molar-refractivity contribution in [3.05, 3.63) is 52.9 Å². The smallest absolute Gasteiger partial charge is 0.219 e. The third-order valence-corrected chi connectivity index (χ3v) is 2.30. The molecule has 0 amide bonds. The van der Waals surface area contributed by atoms with Crippen LogP contribution in [0.5, 0.6) is 11.6 Å². The molecular weight excluding hydrogens is 245 g/mol. The molecule has 0 unspecified atom stereocenters. The van der Waals surface area contributed by atoms with Crippen LogP contribution in [-0.2, 0) is 0 Å². The van der Waals surface area contributed by atoms with Gasteiger partial charge in [0.1, 0.15) is 11.6 Å². The fraction of sp³-hybridized carbons (Fsp3) is 0. The highest BCUT2D eigenvalue weighted by atomic mass is 35.5. The molecule has 0 saturated carbocycles. The Balaban J connectivity index is 2.22. The molecule has 3 nitrogen and oxygen atoms in total. The lowest BCUT2D eigenvalue weighted by molar-refractivity contribution is 0.112. The summed E-state index contributed by atoms with van der Waals surface area (Å²) in [5.74, 6) is 0.148. The molecule has 0 N–H and O–H groups in total. The van der Waals surface area contributed by atoms with E-state index in [2.05, 4.69) is 4.98 Å². The second-order valence-electron chi connectivity index (χ2n) is 3.22. The lowest BCUT2D eigenvalue weighted by Crippen LogP contribution is -1.90. The number of aldehydes is 1. The SMILES string of the molecule is O=Cc1ccc(Oc2ccc(F)cc2Cl)nc1. The van der Waals surface area contributed by atoms with Crippen molar-refractivity contribution in [2.45, 2.75) is 0 Å². The molecule has 0 aliphatic carbocycles. The Labute approximate surface area is 102 Å². The average molecular weight is 252 g/mol. The van der Waals surface area contributed by atoms with Crippen LogP contribution >= 0.6 is 11.6 Å². The molecule has 5 heteroatoms. The van der Waals surface area contributed by atoms with E-state index < -0.39 is 5.82 Å². The van der Waals surface area contributed by atoms with Crippen LogP contribution in [0.1, 0.15) is 10.4 Å². The number of halogens is 2. The number of hydrogen-bond acceptors (Lipinski definition) is 3. The average Bonchev–Trinajstić information content (AvgIpc) is 2.34. The molecule has 2 aromatic rings. The van der Waals surface area contributed by atoms with Gasteiger partial charge in [0.05, 0.1) is 5.02 Å². The van der Waals surface area contributed by atoms with Gasteiger partial charge in [0, 0.05) is 17.8 Å². The molecule has 0 radical (unpaired) electrons. The van der Waals surface area contributed by atoms with Crippen molar-refractivity contribution in [3.8, 4) is 11.6 Å². The zero-order valence-electron chi connectivity index (χ0n) is 8.56. The normalized spacial score (nSPS) is 10.0. The molecule has 0 aliphatic heterocycles. The maximum Gasteiger partial charge on any atom is 0.219 e. The highest BCUT2D eigenvalue weighted by Crippen LogP contribution is 2.28. The summed E-state index contributed by atoms with van der Waals surface area (Å²) in [5.41, 5.74) is 0.447. The minimum Gasteiger partial charge on any atom is -0.437 e. The van der Waals surface area contributed by atoms with Crippen molar-refractivity contribution >= 4 is 17.9 Å². The number of nitrogens with zero attached hydrogens (tertiary/aromatic N) is 1. The predicted molar refractivity (Wildman–Crippen MR) is 61.1 cm³/mol. The predicted octanol–water partition coefficient (Wildman–Crippen LogP) is 3.48. The van der Waals surface area contributed by atoms with E-state index in [-0.39, 0.29) is 10.9 Å². The molecule has 0 saturated heterocycles. The van der Waals surface area contributed by atoms with Crippen molar-refractivity contribution in [1.29, 1.82) is 0 Å². The number of carbonyl (C=O) groups is 1. The van der Waals surface area contributed by atoms with Crippen LogP contribution in [0.15, 0.2) is 36.5 Å². The van der Waals surface area contributed by atoms with Crippen molar-refractivity contribution in [3.63, 3.8) is 0 Å². The highest BCUT2D eigenvalue weighted by molar-refractivity contribution is 6.32. The molecule has 2 rings (SSSR count). The minimum atomic E-state index is -0.438. The molecule has 0 aliphatic rings. The molecule has 0 spiro atoms. The molecule has 0 fully saturated rings. The van der Waals surface area contributed by atoms with Crippen molar-refractivity contribution in [2.75, 3.05) is 0 Å². The fourth-order valence-electron chi connectivity index (χ4n) is 1.19. The summed E-state index contributed by atoms with van der Waals surface area (Å²) < 4.78 is 18.1. The van der Waals surface area contributed by atoms with E-state index in [9.17, 15) is 9.18 Å². The minimum absolute atomic E-state index is 0.159. The molecule has 0 atom stereocenters. The van der Waals surface area contributed by atoms with Gasteiger partial charge in [0.25, 0.3) is 0 Å². The van der Waals surface area contributed by atoms with Gasteiger partial charge < -0.3 is 4.74 Å². The van der Waals surface area contributed by atoms with Crippen LogP contribution in [0.4, 0.5) is 4.39 Å². The Hall–Kier alpha value is -1.94. The molecule has 1 aromatic carbocycles. The van der Waals surface area contributed by atoms with Gasteiger partial charge in [-0.1, -0.05) is 11.6 Å². The van der Waals surface area contributed by atoms with Crippen LogP contribution in [0.25, 0.3) is 0 Å². The lowest BCUT2D eigenvalue weighted by Gasteiger charge is -2.06. The number of hydrogen-bond donors (Lipinski definition) is 0. The first kappa shape index (κ1) is 11.5. The largest absolute Gasteiger partial charge is 0.437 e. The monoisotopic (exact) mass is 251 g/mol. The Morgan fingerprint density at radius 1 is 1.29 bits per heavy atom. The highest BCUT2D eigenvalue weighted by Gasteiger charge is 2.05. The zero-order chi connectivity index (χ0) is 12.3. The first-order chi connectivity index (χ1) is 8.19. The van der Waals surface area contributed by atoms with E-state index in [1.807, 2.05) is 0 Å². The first-order valence-electron chi connectivity index (χ1n) is 4.73. The Kier molecular flexibility index (Phi) is 3.35. The molecule has 1 heterocycles. The van der Waals surface area contributed by atoms with Crippen LogP contribution in [0.2, 0.25) is 5.02 Å². The van der Waals surface area contributed by atoms with E-state index in [0.717, 1.165) is 6.07 Å². The fourth-order valence-corrected chi connectivity index (χ4v) is 1.40. The van der Waals surface area contributed by atoms with Gasteiger partial charge in [0.2, 0.25) is 5.88 Å². The summed E-state index contributed by atoms with van der Waals surface area (Å²) in [5, 5.41) is 0.159. The third-order valence-electron chi connectivity index (χ3n) is 2.00. The summed E-state index contributed by atoms with van der Waals surface area (Å²) in [4.78, 5) is 14.3. The summed E-state index contributed by atoms with van der Waals surface area (Å²) in [7, 11) is 0. The van der Waals surface area contributed by atoms with Crippen LogP contribution < -0.4 is 4.74 Å². The molecule has 17 heavy (non-hydrogen) atoms. The second-order valence-corrected chi connectivity index (χ2v) is 3.63. The molecule has 86 valence electrons. The number of carbonyl (C=O) groups excluding carboxylic acids is 1. The van der Waals surface area contributed by atoms with Gasteiger partial charge in [-0.2, -0.15) is 0 Å². The van der Waals surface area contributed by atoms with E-state index in [4.69, 9.17) is 16.3 Å². The number of ether oxygens (including phenoxy) is 1. The van der Waals surface area contributed by atoms with Crippen molar-refractivity contribution in [2.24, 2.45) is 0 Å². The van der Waals surface area contributed by atoms with Gasteiger partial charge in [-0.15, -0.1) is 0 Å². The second kappa shape index (κ2) is 4.93. The molecule has 1 aromatic heterocycles. The first-order valence-corrected chi connectivity index (χ1v) is 5.11. The van der Waals surface area contributed by atoms with Crippen LogP contribution in [-0.4, -0.2) is 11.3 Å². The zero-order valence-corrected chi connectivity index (χ0v) is 9.32. The summed E-state index contributed by atoms with van der Waals surface area (Å²) in [6.45, 7) is 0. The molecule has 0 bridgehead atoms. The van der Waals surface area contributed by atoms with E-state index >= 15 is 0 Å². The van der Waals surface area contributed by atoms with Crippen molar-refractivity contribution < 1.29 is 13.9 Å². The number of rotatable bonds is 3. The Morgan fingerprint density at radius 3 is 2.71 bits per heavy atom. The number of benzene rings is 1.